The first-order valence-electron chi connectivity index (χ1n) is 6.01. The number of nitrogens with zero attached hydrogens (tertiary/aromatic N) is 2. The van der Waals surface area contributed by atoms with Crippen molar-refractivity contribution in [1.29, 1.82) is 0 Å². The number of aryl methyl sites for hydroxylation is 2. The topological polar surface area (TPSA) is 80.7 Å². The van der Waals surface area contributed by atoms with Crippen molar-refractivity contribution in [2.45, 2.75) is 13.8 Å². The molecule has 1 aromatic carbocycles. The van der Waals surface area contributed by atoms with Gasteiger partial charge in [0.05, 0.1) is 10.6 Å². The lowest BCUT2D eigenvalue weighted by Gasteiger charge is -2.13. The molecule has 0 saturated carbocycles. The zero-order valence-electron chi connectivity index (χ0n) is 11.4. The third-order valence-corrected chi connectivity index (χ3v) is 3.58. The highest BCUT2D eigenvalue weighted by molar-refractivity contribution is 9.10. The molecule has 2 aromatic rings. The maximum absolute atomic E-state index is 8.92. The maximum atomic E-state index is 8.92. The van der Waals surface area contributed by atoms with Crippen molar-refractivity contribution >= 4 is 33.4 Å². The summed E-state index contributed by atoms with van der Waals surface area (Å²) in [7, 11) is 0. The van der Waals surface area contributed by atoms with E-state index >= 15 is 0 Å². The van der Waals surface area contributed by atoms with Gasteiger partial charge >= 0.3 is 0 Å². The summed E-state index contributed by atoms with van der Waals surface area (Å²) in [5.74, 6) is 0.597. The SMILES string of the molecule is Cc1cc(C)c(C(N)=NO)c(Oc2cc(Br)ccc2Cl)n1. The lowest BCUT2D eigenvalue weighted by Crippen LogP contribution is -2.17. The number of aromatic nitrogens is 1. The van der Waals surface area contributed by atoms with Gasteiger partial charge in [0.2, 0.25) is 5.88 Å². The number of nitrogens with two attached hydrogens (primary N) is 1. The van der Waals surface area contributed by atoms with Gasteiger partial charge in [-0.2, -0.15) is 0 Å². The van der Waals surface area contributed by atoms with E-state index < -0.39 is 0 Å². The van der Waals surface area contributed by atoms with E-state index in [0.717, 1.165) is 15.7 Å². The third-order valence-electron chi connectivity index (χ3n) is 2.78. The van der Waals surface area contributed by atoms with Crippen molar-refractivity contribution in [3.8, 4) is 11.6 Å². The van der Waals surface area contributed by atoms with Gasteiger partial charge in [0.15, 0.2) is 5.84 Å². The second-order valence-electron chi connectivity index (χ2n) is 4.42. The summed E-state index contributed by atoms with van der Waals surface area (Å²) in [6, 6.07) is 7.04. The van der Waals surface area contributed by atoms with Crippen molar-refractivity contribution in [2.75, 3.05) is 0 Å². The average molecular weight is 371 g/mol. The molecule has 0 saturated heterocycles. The third kappa shape index (κ3) is 3.46. The monoisotopic (exact) mass is 369 g/mol. The van der Waals surface area contributed by atoms with Crippen LogP contribution < -0.4 is 10.5 Å². The van der Waals surface area contributed by atoms with Gasteiger partial charge in [-0.05, 0) is 43.7 Å². The van der Waals surface area contributed by atoms with E-state index in [1.54, 1.807) is 18.2 Å². The van der Waals surface area contributed by atoms with Crippen molar-refractivity contribution in [1.82, 2.24) is 4.98 Å². The van der Waals surface area contributed by atoms with Crippen molar-refractivity contribution in [2.24, 2.45) is 10.9 Å². The predicted molar refractivity (Wildman–Crippen MR) is 85.4 cm³/mol. The van der Waals surface area contributed by atoms with E-state index in [1.165, 1.54) is 0 Å². The zero-order valence-corrected chi connectivity index (χ0v) is 13.7. The van der Waals surface area contributed by atoms with Crippen LogP contribution in [-0.2, 0) is 0 Å². The van der Waals surface area contributed by atoms with E-state index in [9.17, 15) is 0 Å². The number of benzene rings is 1. The van der Waals surface area contributed by atoms with Gasteiger partial charge < -0.3 is 15.7 Å². The first-order valence-corrected chi connectivity index (χ1v) is 7.18. The number of hydrogen-bond donors (Lipinski definition) is 2. The molecule has 0 atom stereocenters. The fourth-order valence-electron chi connectivity index (χ4n) is 1.90. The molecule has 0 bridgehead atoms. The van der Waals surface area contributed by atoms with Crippen molar-refractivity contribution in [3.05, 3.63) is 50.6 Å². The molecule has 0 spiro atoms. The molecule has 0 unspecified atom stereocenters. The normalized spacial score (nSPS) is 11.5. The summed E-state index contributed by atoms with van der Waals surface area (Å²) in [6.45, 7) is 3.66. The minimum absolute atomic E-state index is 0.0684. The Bertz CT molecular complexity index is 720. The summed E-state index contributed by atoms with van der Waals surface area (Å²) in [4.78, 5) is 4.30. The summed E-state index contributed by atoms with van der Waals surface area (Å²) >= 11 is 9.46. The summed E-state index contributed by atoms with van der Waals surface area (Å²) in [5, 5.41) is 12.4. The second kappa shape index (κ2) is 6.32. The average Bonchev–Trinajstić information content (AvgIpc) is 2.41. The Balaban J connectivity index is 2.55. The quantitative estimate of drug-likeness (QED) is 0.370. The van der Waals surface area contributed by atoms with Crippen LogP contribution in [0.3, 0.4) is 0 Å². The Hall–Kier alpha value is -1.79. The minimum atomic E-state index is -0.0684. The first-order chi connectivity index (χ1) is 9.92. The number of oxime groups is 1. The van der Waals surface area contributed by atoms with E-state index in [4.69, 9.17) is 27.3 Å². The van der Waals surface area contributed by atoms with Gasteiger partial charge in [-0.1, -0.05) is 32.7 Å². The summed E-state index contributed by atoms with van der Waals surface area (Å²) < 4.78 is 6.58. The summed E-state index contributed by atoms with van der Waals surface area (Å²) in [5.41, 5.74) is 7.68. The Kier molecular flexibility index (Phi) is 4.69. The molecule has 0 aliphatic carbocycles. The lowest BCUT2D eigenvalue weighted by molar-refractivity contribution is 0.318. The van der Waals surface area contributed by atoms with E-state index in [-0.39, 0.29) is 11.7 Å². The van der Waals surface area contributed by atoms with Crippen LogP contribution in [0.25, 0.3) is 0 Å². The minimum Gasteiger partial charge on any atom is -0.437 e. The number of rotatable bonds is 3. The lowest BCUT2D eigenvalue weighted by atomic mass is 10.1. The second-order valence-corrected chi connectivity index (χ2v) is 5.75. The molecule has 7 heteroatoms. The van der Waals surface area contributed by atoms with Crippen molar-refractivity contribution < 1.29 is 9.94 Å². The van der Waals surface area contributed by atoms with Gasteiger partial charge in [-0.25, -0.2) is 4.98 Å². The Labute approximate surface area is 135 Å². The Morgan fingerprint density at radius 1 is 1.38 bits per heavy atom. The van der Waals surface area contributed by atoms with Crippen LogP contribution in [0.1, 0.15) is 16.8 Å². The van der Waals surface area contributed by atoms with Crippen LogP contribution in [0.2, 0.25) is 5.02 Å². The summed E-state index contributed by atoms with van der Waals surface area (Å²) in [6.07, 6.45) is 0. The molecule has 0 aliphatic rings. The Morgan fingerprint density at radius 3 is 2.76 bits per heavy atom. The van der Waals surface area contributed by atoms with Crippen LogP contribution in [0.5, 0.6) is 11.6 Å². The Morgan fingerprint density at radius 2 is 2.10 bits per heavy atom. The fourth-order valence-corrected chi connectivity index (χ4v) is 2.39. The molecular weight excluding hydrogens is 358 g/mol. The van der Waals surface area contributed by atoms with Crippen LogP contribution in [-0.4, -0.2) is 16.0 Å². The van der Waals surface area contributed by atoms with Gasteiger partial charge in [0.25, 0.3) is 0 Å². The van der Waals surface area contributed by atoms with Crippen LogP contribution in [0, 0.1) is 13.8 Å². The number of halogens is 2. The smallest absolute Gasteiger partial charge is 0.230 e. The predicted octanol–water partition coefficient (Wildman–Crippen LogP) is 4.00. The van der Waals surface area contributed by atoms with E-state index in [1.807, 2.05) is 19.9 Å². The highest BCUT2D eigenvalue weighted by Crippen LogP contribution is 2.33. The molecular formula is C14H13BrClN3O2. The number of hydrogen-bond acceptors (Lipinski definition) is 4. The number of ether oxygens (including phenoxy) is 1. The molecule has 2 rings (SSSR count). The fraction of sp³-hybridized carbons (Fsp3) is 0.143. The van der Waals surface area contributed by atoms with Crippen LogP contribution in [0.4, 0.5) is 0 Å². The molecule has 0 amide bonds. The highest BCUT2D eigenvalue weighted by Gasteiger charge is 2.16. The molecule has 0 fully saturated rings. The molecule has 110 valence electrons. The molecule has 0 aliphatic heterocycles. The molecule has 5 nitrogen and oxygen atoms in total. The first kappa shape index (κ1) is 15.6. The molecule has 1 heterocycles. The van der Waals surface area contributed by atoms with Gasteiger partial charge in [-0.15, -0.1) is 0 Å². The standard InChI is InChI=1S/C14H13BrClN3O2/c1-7-5-8(2)18-14(12(7)13(17)19-20)21-11-6-9(15)3-4-10(11)16/h3-6,20H,1-2H3,(H2,17,19). The van der Waals surface area contributed by atoms with E-state index in [0.29, 0.717) is 16.3 Å². The number of amidine groups is 1. The molecule has 1 aromatic heterocycles. The van der Waals surface area contributed by atoms with Crippen molar-refractivity contribution in [3.63, 3.8) is 0 Å². The van der Waals surface area contributed by atoms with Crippen LogP contribution in [0.15, 0.2) is 33.9 Å². The molecule has 21 heavy (non-hydrogen) atoms. The maximum Gasteiger partial charge on any atom is 0.230 e. The zero-order chi connectivity index (χ0) is 15.6. The number of pyridine rings is 1. The highest BCUT2D eigenvalue weighted by atomic mass is 79.9. The van der Waals surface area contributed by atoms with Crippen LogP contribution >= 0.6 is 27.5 Å². The molecule has 3 N–H and O–H groups in total. The molecule has 0 radical (unpaired) electrons. The van der Waals surface area contributed by atoms with Gasteiger partial charge in [0, 0.05) is 10.2 Å². The van der Waals surface area contributed by atoms with Gasteiger partial charge in [-0.3, -0.25) is 0 Å². The van der Waals surface area contributed by atoms with Gasteiger partial charge in [0.1, 0.15) is 5.75 Å². The van der Waals surface area contributed by atoms with E-state index in [2.05, 4.69) is 26.1 Å². The largest absolute Gasteiger partial charge is 0.437 e.